The van der Waals surface area contributed by atoms with Crippen LogP contribution in [-0.4, -0.2) is 9.13 Å². The summed E-state index contributed by atoms with van der Waals surface area (Å²) in [5, 5.41) is 9.72. The molecule has 2 heterocycles. The highest BCUT2D eigenvalue weighted by Gasteiger charge is 2.25. The first-order valence-electron chi connectivity index (χ1n) is 24.7. The highest BCUT2D eigenvalue weighted by molar-refractivity contribution is 6.16. The summed E-state index contributed by atoms with van der Waals surface area (Å²) in [5.74, 6) is 0. The Balaban J connectivity index is 1.09. The standard InChI is InChI=1S/C68H46N4/c1-5-23-49(24-6-1)69(53-40-41-61-59-34-17-19-37-64(59)71(67(61)46-53)51-27-9-3-10-28-51)54-42-48(63-44-47-22-13-14-31-56(47)57-32-15-16-33-58(57)63)43-55(45-54)70(50-25-7-2-8-26-50)66-39-21-36-62-60-35-18-20-38-65(60)72(68(62)66)52-29-11-4-12-30-52/h1-46H. The van der Waals surface area contributed by atoms with Crippen molar-refractivity contribution in [1.82, 2.24) is 9.13 Å². The van der Waals surface area contributed by atoms with Crippen molar-refractivity contribution >= 4 is 99.3 Å². The molecule has 4 nitrogen and oxygen atoms in total. The molecule has 14 rings (SSSR count). The van der Waals surface area contributed by atoms with E-state index in [1.165, 1.54) is 54.2 Å². The lowest BCUT2D eigenvalue weighted by molar-refractivity contribution is 1.16. The quantitative estimate of drug-likeness (QED) is 0.134. The van der Waals surface area contributed by atoms with Crippen LogP contribution in [0.3, 0.4) is 0 Å². The van der Waals surface area contributed by atoms with Gasteiger partial charge < -0.3 is 18.9 Å². The number of hydrogen-bond donors (Lipinski definition) is 0. The first kappa shape index (κ1) is 41.3. The molecule has 0 spiro atoms. The summed E-state index contributed by atoms with van der Waals surface area (Å²) in [7, 11) is 0. The van der Waals surface area contributed by atoms with E-state index in [1.54, 1.807) is 0 Å². The minimum atomic E-state index is 1.03. The van der Waals surface area contributed by atoms with E-state index in [1.807, 2.05) is 0 Å². The Hall–Kier alpha value is -9.64. The number of rotatable bonds is 9. The Labute approximate surface area is 417 Å². The van der Waals surface area contributed by atoms with Crippen molar-refractivity contribution in [3.63, 3.8) is 0 Å². The highest BCUT2D eigenvalue weighted by atomic mass is 15.2. The molecule has 12 aromatic carbocycles. The van der Waals surface area contributed by atoms with E-state index in [9.17, 15) is 0 Å². The van der Waals surface area contributed by atoms with Crippen molar-refractivity contribution in [3.05, 3.63) is 279 Å². The van der Waals surface area contributed by atoms with Crippen LogP contribution >= 0.6 is 0 Å². The zero-order chi connectivity index (χ0) is 47.5. The van der Waals surface area contributed by atoms with Crippen LogP contribution in [0.15, 0.2) is 279 Å². The minimum Gasteiger partial charge on any atom is -0.310 e. The molecule has 338 valence electrons. The lowest BCUT2D eigenvalue weighted by Gasteiger charge is -2.31. The summed E-state index contributed by atoms with van der Waals surface area (Å²) >= 11 is 0. The van der Waals surface area contributed by atoms with Gasteiger partial charge >= 0.3 is 0 Å². The molecule has 0 radical (unpaired) electrons. The molecule has 72 heavy (non-hydrogen) atoms. The summed E-state index contributed by atoms with van der Waals surface area (Å²) in [6.07, 6.45) is 0. The lowest BCUT2D eigenvalue weighted by Crippen LogP contribution is -2.14. The predicted octanol–water partition coefficient (Wildman–Crippen LogP) is 18.8. The molecule has 2 aromatic heterocycles. The number of nitrogens with zero attached hydrogens (tertiary/aromatic N) is 4. The van der Waals surface area contributed by atoms with Crippen LogP contribution in [0.2, 0.25) is 0 Å². The van der Waals surface area contributed by atoms with Crippen molar-refractivity contribution in [3.8, 4) is 22.5 Å². The molecule has 0 saturated heterocycles. The third-order valence-electron chi connectivity index (χ3n) is 14.4. The first-order chi connectivity index (χ1) is 35.7. The summed E-state index contributed by atoms with van der Waals surface area (Å²) in [4.78, 5) is 4.91. The number of anilines is 6. The van der Waals surface area contributed by atoms with Gasteiger partial charge in [0.25, 0.3) is 0 Å². The van der Waals surface area contributed by atoms with E-state index >= 15 is 0 Å². The SMILES string of the molecule is c1ccc(N(c2cc(-c3cc4ccccc4c4ccccc34)cc(N(c3ccccc3)c3cccc4c5ccccc5n(-c5ccccc5)c34)c2)c2ccc3c4ccccc4n(-c4ccccc4)c3c2)cc1. The topological polar surface area (TPSA) is 16.3 Å². The Morgan fingerprint density at radius 2 is 0.736 bits per heavy atom. The van der Waals surface area contributed by atoms with E-state index in [0.717, 1.165) is 67.6 Å². The second-order valence-electron chi connectivity index (χ2n) is 18.5. The van der Waals surface area contributed by atoms with E-state index < -0.39 is 0 Å². The van der Waals surface area contributed by atoms with Gasteiger partial charge in [-0.05, 0) is 136 Å². The molecule has 0 aliphatic rings. The van der Waals surface area contributed by atoms with Gasteiger partial charge in [0, 0.05) is 61.4 Å². The number of para-hydroxylation sites is 7. The Morgan fingerprint density at radius 3 is 1.42 bits per heavy atom. The van der Waals surface area contributed by atoms with Crippen LogP contribution in [-0.2, 0) is 0 Å². The fraction of sp³-hybridized carbons (Fsp3) is 0. The maximum Gasteiger partial charge on any atom is 0.0782 e. The Kier molecular flexibility index (Phi) is 9.82. The summed E-state index contributed by atoms with van der Waals surface area (Å²) in [6.45, 7) is 0. The van der Waals surface area contributed by atoms with Crippen molar-refractivity contribution in [1.29, 1.82) is 0 Å². The average molecular weight is 919 g/mol. The smallest absolute Gasteiger partial charge is 0.0782 e. The van der Waals surface area contributed by atoms with Gasteiger partial charge in [-0.25, -0.2) is 0 Å². The average Bonchev–Trinajstić information content (AvgIpc) is 3.97. The summed E-state index contributed by atoms with van der Waals surface area (Å²) in [5.41, 5.74) is 15.4. The third kappa shape index (κ3) is 6.76. The van der Waals surface area contributed by atoms with Crippen LogP contribution in [0.4, 0.5) is 34.1 Å². The molecule has 14 aromatic rings. The van der Waals surface area contributed by atoms with Gasteiger partial charge in [-0.2, -0.15) is 0 Å². The van der Waals surface area contributed by atoms with Crippen molar-refractivity contribution in [2.75, 3.05) is 9.80 Å². The normalized spacial score (nSPS) is 11.6. The highest BCUT2D eigenvalue weighted by Crippen LogP contribution is 2.48. The molecule has 0 aliphatic heterocycles. The molecule has 0 saturated carbocycles. The van der Waals surface area contributed by atoms with Crippen LogP contribution in [0.5, 0.6) is 0 Å². The molecule has 0 fully saturated rings. The van der Waals surface area contributed by atoms with Crippen LogP contribution in [0.25, 0.3) is 87.7 Å². The van der Waals surface area contributed by atoms with Gasteiger partial charge in [-0.15, -0.1) is 0 Å². The number of fused-ring (bicyclic) bond motifs is 9. The zero-order valence-electron chi connectivity index (χ0n) is 39.3. The minimum absolute atomic E-state index is 1.03. The molecular formula is C68H46N4. The van der Waals surface area contributed by atoms with Gasteiger partial charge in [0.15, 0.2) is 0 Å². The molecule has 0 bridgehead atoms. The Bertz CT molecular complexity index is 4330. The third-order valence-corrected chi connectivity index (χ3v) is 14.4. The van der Waals surface area contributed by atoms with Crippen LogP contribution in [0.1, 0.15) is 0 Å². The largest absolute Gasteiger partial charge is 0.310 e. The second kappa shape index (κ2) is 17.1. The van der Waals surface area contributed by atoms with Crippen LogP contribution < -0.4 is 9.80 Å². The fourth-order valence-corrected chi connectivity index (χ4v) is 11.3. The van der Waals surface area contributed by atoms with Gasteiger partial charge in [0.1, 0.15) is 0 Å². The van der Waals surface area contributed by atoms with Gasteiger partial charge in [-0.1, -0.05) is 176 Å². The maximum absolute atomic E-state index is 2.47. The molecule has 0 atom stereocenters. The zero-order valence-corrected chi connectivity index (χ0v) is 39.3. The van der Waals surface area contributed by atoms with Crippen molar-refractivity contribution in [2.24, 2.45) is 0 Å². The molecule has 0 unspecified atom stereocenters. The van der Waals surface area contributed by atoms with Crippen molar-refractivity contribution in [2.45, 2.75) is 0 Å². The molecule has 4 heteroatoms. The molecule has 0 amide bonds. The number of aromatic nitrogens is 2. The van der Waals surface area contributed by atoms with E-state index in [-0.39, 0.29) is 0 Å². The van der Waals surface area contributed by atoms with Gasteiger partial charge in [-0.3, -0.25) is 0 Å². The second-order valence-corrected chi connectivity index (χ2v) is 18.5. The molecule has 0 N–H and O–H groups in total. The number of hydrogen-bond acceptors (Lipinski definition) is 2. The molecule has 0 aliphatic carbocycles. The predicted molar refractivity (Wildman–Crippen MR) is 305 cm³/mol. The fourth-order valence-electron chi connectivity index (χ4n) is 11.3. The maximum atomic E-state index is 2.47. The number of benzene rings is 12. The monoisotopic (exact) mass is 918 g/mol. The van der Waals surface area contributed by atoms with Gasteiger partial charge in [0.2, 0.25) is 0 Å². The van der Waals surface area contributed by atoms with E-state index in [4.69, 9.17) is 0 Å². The summed E-state index contributed by atoms with van der Waals surface area (Å²) < 4.78 is 4.85. The lowest BCUT2D eigenvalue weighted by atomic mass is 9.92. The van der Waals surface area contributed by atoms with E-state index in [0.29, 0.717) is 0 Å². The first-order valence-corrected chi connectivity index (χ1v) is 24.7. The Morgan fingerprint density at radius 1 is 0.250 bits per heavy atom. The van der Waals surface area contributed by atoms with E-state index in [2.05, 4.69) is 298 Å². The van der Waals surface area contributed by atoms with Crippen molar-refractivity contribution < 1.29 is 0 Å². The van der Waals surface area contributed by atoms with Gasteiger partial charge in [0.05, 0.1) is 27.8 Å². The summed E-state index contributed by atoms with van der Waals surface area (Å²) in [6, 6.07) is 102. The molecular weight excluding hydrogens is 873 g/mol. The van der Waals surface area contributed by atoms with Crippen LogP contribution in [0, 0.1) is 0 Å².